The molecule has 1 aliphatic heterocycles. The number of likely N-dealkylation sites (tertiary alicyclic amines) is 1. The van der Waals surface area contributed by atoms with Gasteiger partial charge in [0.25, 0.3) is 0 Å². The summed E-state index contributed by atoms with van der Waals surface area (Å²) in [5.41, 5.74) is 0. The quantitative estimate of drug-likeness (QED) is 0.719. The van der Waals surface area contributed by atoms with Crippen molar-refractivity contribution in [1.29, 1.82) is 0 Å². The van der Waals surface area contributed by atoms with Gasteiger partial charge in [-0.15, -0.1) is 11.3 Å². The minimum atomic E-state index is 0.652. The van der Waals surface area contributed by atoms with Crippen molar-refractivity contribution in [2.24, 2.45) is 0 Å². The van der Waals surface area contributed by atoms with Crippen LogP contribution in [0.2, 0.25) is 0 Å². The maximum atomic E-state index is 3.77. The second kappa shape index (κ2) is 5.30. The number of nitrogens with zero attached hydrogens (tertiary/aromatic N) is 1. The maximum Gasteiger partial charge on any atom is 0.0331 e. The number of halogens is 2. The molecule has 1 nitrogen and oxygen atoms in total. The third kappa shape index (κ3) is 3.05. The van der Waals surface area contributed by atoms with Crippen LogP contribution in [0, 0.1) is 0 Å². The first-order valence-corrected chi connectivity index (χ1v) is 7.86. The van der Waals surface area contributed by atoms with Crippen molar-refractivity contribution >= 4 is 43.2 Å². The Bertz CT molecular complexity index is 326. The predicted octanol–water partition coefficient (Wildman–Crippen LogP) is 4.26. The average molecular weight is 353 g/mol. The van der Waals surface area contributed by atoms with Crippen molar-refractivity contribution in [3.63, 3.8) is 0 Å². The Morgan fingerprint density at radius 1 is 1.60 bits per heavy atom. The van der Waals surface area contributed by atoms with Crippen LogP contribution in [-0.4, -0.2) is 22.3 Å². The number of piperidine rings is 1. The van der Waals surface area contributed by atoms with Gasteiger partial charge in [0.1, 0.15) is 0 Å². The van der Waals surface area contributed by atoms with E-state index in [1.165, 1.54) is 28.7 Å². The first kappa shape index (κ1) is 12.1. The van der Waals surface area contributed by atoms with Gasteiger partial charge >= 0.3 is 0 Å². The SMILES string of the molecule is CC1C(Br)CCCN1Cc1cc(Br)cs1. The third-order valence-corrected chi connectivity index (χ3v) is 5.91. The molecule has 0 bridgehead atoms. The lowest BCUT2D eigenvalue weighted by Crippen LogP contribution is -2.43. The van der Waals surface area contributed by atoms with Gasteiger partial charge in [-0.2, -0.15) is 0 Å². The second-order valence-corrected chi connectivity index (χ2v) is 7.19. The van der Waals surface area contributed by atoms with Gasteiger partial charge in [0, 0.05) is 32.1 Å². The maximum absolute atomic E-state index is 3.77. The van der Waals surface area contributed by atoms with Gasteiger partial charge in [0.2, 0.25) is 0 Å². The molecule has 15 heavy (non-hydrogen) atoms. The number of thiophene rings is 1. The van der Waals surface area contributed by atoms with E-state index < -0.39 is 0 Å². The monoisotopic (exact) mass is 351 g/mol. The molecule has 2 atom stereocenters. The highest BCUT2D eigenvalue weighted by atomic mass is 79.9. The van der Waals surface area contributed by atoms with Gasteiger partial charge in [-0.25, -0.2) is 0 Å². The summed E-state index contributed by atoms with van der Waals surface area (Å²) in [6.45, 7) is 4.65. The summed E-state index contributed by atoms with van der Waals surface area (Å²) in [6.07, 6.45) is 2.62. The zero-order chi connectivity index (χ0) is 10.8. The molecule has 1 aromatic heterocycles. The largest absolute Gasteiger partial charge is 0.294 e. The molecule has 1 aliphatic rings. The summed E-state index contributed by atoms with van der Waals surface area (Å²) in [6, 6.07) is 2.88. The highest BCUT2D eigenvalue weighted by Crippen LogP contribution is 2.27. The Labute approximate surface area is 112 Å². The van der Waals surface area contributed by atoms with Crippen LogP contribution >= 0.6 is 43.2 Å². The van der Waals surface area contributed by atoms with Gasteiger partial charge in [0.15, 0.2) is 0 Å². The number of hydrogen-bond acceptors (Lipinski definition) is 2. The minimum absolute atomic E-state index is 0.652. The van der Waals surface area contributed by atoms with E-state index in [2.05, 4.69) is 55.1 Å². The number of alkyl halides is 1. The molecule has 0 amide bonds. The van der Waals surface area contributed by atoms with E-state index in [4.69, 9.17) is 0 Å². The van der Waals surface area contributed by atoms with Crippen LogP contribution in [0.25, 0.3) is 0 Å². The summed E-state index contributed by atoms with van der Waals surface area (Å²) in [5.74, 6) is 0. The Morgan fingerprint density at radius 2 is 2.40 bits per heavy atom. The molecule has 0 saturated carbocycles. The molecule has 0 aromatic carbocycles. The van der Waals surface area contributed by atoms with E-state index in [1.54, 1.807) is 0 Å². The van der Waals surface area contributed by atoms with E-state index in [0.29, 0.717) is 10.9 Å². The Kier molecular flexibility index (Phi) is 4.27. The van der Waals surface area contributed by atoms with Crippen LogP contribution in [0.3, 0.4) is 0 Å². The summed E-state index contributed by atoms with van der Waals surface area (Å²) >= 11 is 9.11. The van der Waals surface area contributed by atoms with Crippen molar-refractivity contribution in [2.45, 2.75) is 37.2 Å². The van der Waals surface area contributed by atoms with Gasteiger partial charge in [-0.05, 0) is 48.3 Å². The average Bonchev–Trinajstić information content (AvgIpc) is 2.59. The van der Waals surface area contributed by atoms with Gasteiger partial charge in [-0.3, -0.25) is 4.90 Å². The van der Waals surface area contributed by atoms with Crippen molar-refractivity contribution in [3.05, 3.63) is 20.8 Å². The Morgan fingerprint density at radius 3 is 3.07 bits per heavy atom. The normalized spacial score (nSPS) is 28.2. The lowest BCUT2D eigenvalue weighted by molar-refractivity contribution is 0.162. The van der Waals surface area contributed by atoms with Gasteiger partial charge in [0.05, 0.1) is 0 Å². The Balaban J connectivity index is 1.99. The fraction of sp³-hybridized carbons (Fsp3) is 0.636. The van der Waals surface area contributed by atoms with Crippen molar-refractivity contribution in [1.82, 2.24) is 4.90 Å². The molecule has 1 saturated heterocycles. The summed E-state index contributed by atoms with van der Waals surface area (Å²) in [7, 11) is 0. The highest BCUT2D eigenvalue weighted by Gasteiger charge is 2.25. The van der Waals surface area contributed by atoms with Crippen LogP contribution < -0.4 is 0 Å². The molecule has 0 aliphatic carbocycles. The van der Waals surface area contributed by atoms with Gasteiger partial charge in [-0.1, -0.05) is 15.9 Å². The zero-order valence-electron chi connectivity index (χ0n) is 8.75. The first-order valence-electron chi connectivity index (χ1n) is 5.28. The molecule has 2 rings (SSSR count). The summed E-state index contributed by atoms with van der Waals surface area (Å²) in [4.78, 5) is 4.69. The van der Waals surface area contributed by atoms with E-state index in [1.807, 2.05) is 11.3 Å². The van der Waals surface area contributed by atoms with E-state index >= 15 is 0 Å². The fourth-order valence-electron chi connectivity index (χ4n) is 2.02. The van der Waals surface area contributed by atoms with E-state index in [-0.39, 0.29) is 0 Å². The smallest absolute Gasteiger partial charge is 0.0331 e. The molecule has 0 spiro atoms. The zero-order valence-corrected chi connectivity index (χ0v) is 12.7. The molecule has 1 aromatic rings. The lowest BCUT2D eigenvalue weighted by atomic mass is 10.0. The molecular formula is C11H15Br2NS. The molecule has 0 N–H and O–H groups in total. The molecule has 84 valence electrons. The Hall–Kier alpha value is 0.620. The fourth-order valence-corrected chi connectivity index (χ4v) is 4.16. The van der Waals surface area contributed by atoms with E-state index in [0.717, 1.165) is 6.54 Å². The summed E-state index contributed by atoms with van der Waals surface area (Å²) in [5, 5.41) is 2.16. The van der Waals surface area contributed by atoms with Crippen LogP contribution in [0.1, 0.15) is 24.6 Å². The second-order valence-electron chi connectivity index (χ2n) is 4.10. The van der Waals surface area contributed by atoms with Gasteiger partial charge < -0.3 is 0 Å². The van der Waals surface area contributed by atoms with Crippen molar-refractivity contribution < 1.29 is 0 Å². The van der Waals surface area contributed by atoms with Crippen molar-refractivity contribution in [3.8, 4) is 0 Å². The van der Waals surface area contributed by atoms with Crippen LogP contribution in [-0.2, 0) is 6.54 Å². The molecule has 2 heterocycles. The lowest BCUT2D eigenvalue weighted by Gasteiger charge is -2.36. The van der Waals surface area contributed by atoms with E-state index in [9.17, 15) is 0 Å². The van der Waals surface area contributed by atoms with Crippen LogP contribution in [0.5, 0.6) is 0 Å². The molecule has 4 heteroatoms. The molecule has 1 fully saturated rings. The van der Waals surface area contributed by atoms with Crippen LogP contribution in [0.15, 0.2) is 15.9 Å². The number of hydrogen-bond donors (Lipinski definition) is 0. The molecular weight excluding hydrogens is 338 g/mol. The van der Waals surface area contributed by atoms with Crippen LogP contribution in [0.4, 0.5) is 0 Å². The van der Waals surface area contributed by atoms with Crippen molar-refractivity contribution in [2.75, 3.05) is 6.54 Å². The predicted molar refractivity (Wildman–Crippen MR) is 73.8 cm³/mol. The third-order valence-electron chi connectivity index (χ3n) is 3.01. The first-order chi connectivity index (χ1) is 7.16. The number of rotatable bonds is 2. The molecule has 2 unspecified atom stereocenters. The molecule has 0 radical (unpaired) electrons. The minimum Gasteiger partial charge on any atom is -0.294 e. The standard InChI is InChI=1S/C11H15Br2NS/c1-8-11(13)3-2-4-14(8)6-10-5-9(12)7-15-10/h5,7-8,11H,2-4,6H2,1H3. The summed E-state index contributed by atoms with van der Waals surface area (Å²) < 4.78 is 1.21. The highest BCUT2D eigenvalue weighted by molar-refractivity contribution is 9.10. The topological polar surface area (TPSA) is 3.24 Å².